The van der Waals surface area contributed by atoms with Crippen LogP contribution in [0.3, 0.4) is 0 Å². The fraction of sp³-hybridized carbons (Fsp3) is 0.421. The zero-order valence-electron chi connectivity index (χ0n) is 13.6. The summed E-state index contributed by atoms with van der Waals surface area (Å²) in [6.45, 7) is 3.65. The second-order valence-electron chi connectivity index (χ2n) is 6.46. The van der Waals surface area contributed by atoms with Crippen LogP contribution in [0.4, 0.5) is 0 Å². The summed E-state index contributed by atoms with van der Waals surface area (Å²) in [5, 5.41) is 2.40. The number of benzene rings is 2. The second kappa shape index (κ2) is 7.80. The van der Waals surface area contributed by atoms with Gasteiger partial charge in [-0.2, -0.15) is 0 Å². The van der Waals surface area contributed by atoms with Gasteiger partial charge in [0.25, 0.3) is 0 Å². The van der Waals surface area contributed by atoms with Crippen molar-refractivity contribution >= 4 is 29.1 Å². The number of rotatable bonds is 3. The molecule has 1 aliphatic heterocycles. The highest BCUT2D eigenvalue weighted by Crippen LogP contribution is 2.23. The van der Waals surface area contributed by atoms with Gasteiger partial charge in [-0.1, -0.05) is 49.4 Å². The topological polar surface area (TPSA) is 46.3 Å². The molecule has 1 heterocycles. The number of carbonyl (C=O) groups excluding carboxylic acids is 1. The van der Waals surface area contributed by atoms with Crippen LogP contribution in [0.25, 0.3) is 10.8 Å². The van der Waals surface area contributed by atoms with Crippen molar-refractivity contribution in [2.45, 2.75) is 32.2 Å². The Kier molecular flexibility index (Phi) is 6.03. The molecule has 23 heavy (non-hydrogen) atoms. The predicted molar refractivity (Wildman–Crippen MR) is 97.9 cm³/mol. The third-order valence-electron chi connectivity index (χ3n) is 4.74. The van der Waals surface area contributed by atoms with E-state index in [4.69, 9.17) is 5.73 Å². The summed E-state index contributed by atoms with van der Waals surface area (Å²) in [7, 11) is 0. The Hall–Kier alpha value is -1.58. The molecule has 0 radical (unpaired) electrons. The molecular weight excluding hydrogens is 308 g/mol. The Labute approximate surface area is 144 Å². The van der Waals surface area contributed by atoms with E-state index >= 15 is 0 Å². The van der Waals surface area contributed by atoms with Crippen LogP contribution in [0, 0.1) is 5.92 Å². The normalized spacial score (nSPS) is 21.0. The Morgan fingerprint density at radius 1 is 1.22 bits per heavy atom. The van der Waals surface area contributed by atoms with E-state index < -0.39 is 0 Å². The maximum Gasteiger partial charge on any atom is 0.227 e. The van der Waals surface area contributed by atoms with Gasteiger partial charge in [-0.25, -0.2) is 0 Å². The summed E-state index contributed by atoms with van der Waals surface area (Å²) in [6.07, 6.45) is 2.58. The van der Waals surface area contributed by atoms with Gasteiger partial charge in [0.05, 0.1) is 6.42 Å². The molecule has 0 aliphatic carbocycles. The first kappa shape index (κ1) is 17.8. The van der Waals surface area contributed by atoms with Crippen LogP contribution in [-0.4, -0.2) is 29.9 Å². The summed E-state index contributed by atoms with van der Waals surface area (Å²) in [5.41, 5.74) is 6.95. The Morgan fingerprint density at radius 2 is 1.96 bits per heavy atom. The van der Waals surface area contributed by atoms with Crippen molar-refractivity contribution in [2.24, 2.45) is 11.7 Å². The van der Waals surface area contributed by atoms with Gasteiger partial charge in [0.15, 0.2) is 0 Å². The summed E-state index contributed by atoms with van der Waals surface area (Å²) in [4.78, 5) is 14.6. The lowest BCUT2D eigenvalue weighted by Crippen LogP contribution is -2.49. The number of likely N-dealkylation sites (tertiary alicyclic amines) is 1. The fourth-order valence-corrected chi connectivity index (χ4v) is 3.43. The van der Waals surface area contributed by atoms with Crippen LogP contribution >= 0.6 is 12.4 Å². The maximum absolute atomic E-state index is 12.6. The SMILES string of the molecule is CC1CCN(C(=O)Cc2ccc3ccccc3c2)C(CN)C1.Cl. The molecule has 2 unspecified atom stereocenters. The lowest BCUT2D eigenvalue weighted by Gasteiger charge is -2.38. The van der Waals surface area contributed by atoms with Crippen LogP contribution in [0.15, 0.2) is 42.5 Å². The monoisotopic (exact) mass is 332 g/mol. The van der Waals surface area contributed by atoms with E-state index in [1.54, 1.807) is 0 Å². The quantitative estimate of drug-likeness (QED) is 0.936. The molecule has 3 nitrogen and oxygen atoms in total. The highest BCUT2D eigenvalue weighted by atomic mass is 35.5. The molecule has 1 fully saturated rings. The number of piperidine rings is 1. The molecule has 0 spiro atoms. The van der Waals surface area contributed by atoms with Gasteiger partial charge in [0, 0.05) is 19.1 Å². The summed E-state index contributed by atoms with van der Waals surface area (Å²) in [5.74, 6) is 0.871. The number of fused-ring (bicyclic) bond motifs is 1. The van der Waals surface area contributed by atoms with Crippen LogP contribution < -0.4 is 5.73 Å². The zero-order valence-corrected chi connectivity index (χ0v) is 14.4. The van der Waals surface area contributed by atoms with Crippen molar-refractivity contribution in [1.29, 1.82) is 0 Å². The number of hydrogen-bond acceptors (Lipinski definition) is 2. The Balaban J connectivity index is 0.00000192. The number of halogens is 1. The van der Waals surface area contributed by atoms with Crippen molar-refractivity contribution < 1.29 is 4.79 Å². The van der Waals surface area contributed by atoms with Crippen LogP contribution in [0.1, 0.15) is 25.3 Å². The molecule has 2 atom stereocenters. The largest absolute Gasteiger partial charge is 0.338 e. The van der Waals surface area contributed by atoms with E-state index in [-0.39, 0.29) is 24.4 Å². The second-order valence-corrected chi connectivity index (χ2v) is 6.46. The highest BCUT2D eigenvalue weighted by molar-refractivity contribution is 5.86. The number of nitrogens with zero attached hydrogens (tertiary/aromatic N) is 1. The third-order valence-corrected chi connectivity index (χ3v) is 4.74. The first-order valence-electron chi connectivity index (χ1n) is 8.14. The van der Waals surface area contributed by atoms with Gasteiger partial charge in [0.1, 0.15) is 0 Å². The molecule has 124 valence electrons. The fourth-order valence-electron chi connectivity index (χ4n) is 3.43. The molecule has 2 aromatic rings. The molecular formula is C19H25ClN2O. The van der Waals surface area contributed by atoms with E-state index in [1.165, 1.54) is 10.8 Å². The van der Waals surface area contributed by atoms with Gasteiger partial charge in [-0.05, 0) is 35.1 Å². The van der Waals surface area contributed by atoms with E-state index in [0.29, 0.717) is 18.9 Å². The predicted octanol–water partition coefficient (Wildman–Crippen LogP) is 3.39. The van der Waals surface area contributed by atoms with Crippen LogP contribution in [0.5, 0.6) is 0 Å². The molecule has 1 amide bonds. The van der Waals surface area contributed by atoms with Crippen molar-refractivity contribution in [3.05, 3.63) is 48.0 Å². The smallest absolute Gasteiger partial charge is 0.227 e. The molecule has 0 bridgehead atoms. The number of hydrogen-bond donors (Lipinski definition) is 1. The minimum atomic E-state index is 0. The van der Waals surface area contributed by atoms with Crippen LogP contribution in [0.2, 0.25) is 0 Å². The number of carbonyl (C=O) groups is 1. The molecule has 0 saturated carbocycles. The standard InChI is InChI=1S/C19H24N2O.ClH/c1-14-8-9-21(18(10-14)13-20)19(22)12-15-6-7-16-4-2-3-5-17(16)11-15;/h2-7,11,14,18H,8-10,12-13,20H2,1H3;1H. The average molecular weight is 333 g/mol. The van der Waals surface area contributed by atoms with Gasteiger partial charge in [-0.3, -0.25) is 4.79 Å². The molecule has 1 saturated heterocycles. The van der Waals surface area contributed by atoms with Crippen LogP contribution in [-0.2, 0) is 11.2 Å². The van der Waals surface area contributed by atoms with Gasteiger partial charge in [-0.15, -0.1) is 12.4 Å². The van der Waals surface area contributed by atoms with Crippen molar-refractivity contribution in [1.82, 2.24) is 4.90 Å². The molecule has 1 aliphatic rings. The summed E-state index contributed by atoms with van der Waals surface area (Å²) < 4.78 is 0. The summed E-state index contributed by atoms with van der Waals surface area (Å²) >= 11 is 0. The van der Waals surface area contributed by atoms with E-state index in [2.05, 4.69) is 37.3 Å². The van der Waals surface area contributed by atoms with E-state index in [9.17, 15) is 4.79 Å². The third kappa shape index (κ3) is 4.04. The molecule has 0 aromatic heterocycles. The summed E-state index contributed by atoms with van der Waals surface area (Å²) in [6, 6.07) is 14.7. The van der Waals surface area contributed by atoms with Gasteiger partial charge in [0.2, 0.25) is 5.91 Å². The average Bonchev–Trinajstić information content (AvgIpc) is 2.54. The number of amides is 1. The Morgan fingerprint density at radius 3 is 2.70 bits per heavy atom. The van der Waals surface area contributed by atoms with Crippen molar-refractivity contribution in [3.63, 3.8) is 0 Å². The van der Waals surface area contributed by atoms with E-state index in [0.717, 1.165) is 24.9 Å². The zero-order chi connectivity index (χ0) is 15.5. The van der Waals surface area contributed by atoms with Crippen molar-refractivity contribution in [2.75, 3.05) is 13.1 Å². The Bertz CT molecular complexity index is 673. The lowest BCUT2D eigenvalue weighted by molar-refractivity contribution is -0.134. The van der Waals surface area contributed by atoms with Crippen molar-refractivity contribution in [3.8, 4) is 0 Å². The molecule has 2 N–H and O–H groups in total. The first-order valence-corrected chi connectivity index (χ1v) is 8.14. The van der Waals surface area contributed by atoms with Gasteiger partial charge < -0.3 is 10.6 Å². The minimum absolute atomic E-state index is 0. The minimum Gasteiger partial charge on any atom is -0.338 e. The molecule has 4 heteroatoms. The first-order chi connectivity index (χ1) is 10.7. The maximum atomic E-state index is 12.6. The van der Waals surface area contributed by atoms with E-state index in [1.807, 2.05) is 17.0 Å². The molecule has 2 aromatic carbocycles. The lowest BCUT2D eigenvalue weighted by atomic mass is 9.92. The highest BCUT2D eigenvalue weighted by Gasteiger charge is 2.28. The van der Waals surface area contributed by atoms with Gasteiger partial charge >= 0.3 is 0 Å². The molecule has 3 rings (SSSR count). The number of nitrogens with two attached hydrogens (primary N) is 1.